The second-order valence-corrected chi connectivity index (χ2v) is 10.2. The summed E-state index contributed by atoms with van der Waals surface area (Å²) in [6.07, 6.45) is 3.70. The van der Waals surface area contributed by atoms with E-state index < -0.39 is 5.91 Å². The van der Waals surface area contributed by atoms with Crippen LogP contribution in [0.1, 0.15) is 23.8 Å². The summed E-state index contributed by atoms with van der Waals surface area (Å²) in [5, 5.41) is 17.3. The molecule has 1 amide bonds. The number of hydrogen-bond donors (Lipinski definition) is 3. The van der Waals surface area contributed by atoms with E-state index in [0.29, 0.717) is 55.0 Å². The highest BCUT2D eigenvalue weighted by atomic mass is 35.5. The van der Waals surface area contributed by atoms with E-state index in [-0.39, 0.29) is 16.8 Å². The number of amides is 1. The van der Waals surface area contributed by atoms with Gasteiger partial charge in [-0.3, -0.25) is 10.1 Å². The molecule has 0 atom stereocenters. The molecule has 202 valence electrons. The van der Waals surface area contributed by atoms with Crippen LogP contribution in [0.3, 0.4) is 0 Å². The number of benzene rings is 3. The number of aromatic hydroxyl groups is 1. The summed E-state index contributed by atoms with van der Waals surface area (Å²) >= 11 is 17.5. The van der Waals surface area contributed by atoms with Crippen LogP contribution in [-0.2, 0) is 11.2 Å². The van der Waals surface area contributed by atoms with Crippen molar-refractivity contribution < 1.29 is 18.7 Å². The van der Waals surface area contributed by atoms with Crippen molar-refractivity contribution >= 4 is 69.3 Å². The van der Waals surface area contributed by atoms with Gasteiger partial charge in [-0.15, -0.1) is 0 Å². The average molecular weight is 593 g/mol. The van der Waals surface area contributed by atoms with Crippen molar-refractivity contribution in [2.75, 3.05) is 5.32 Å². The Balaban J connectivity index is 1.26. The second kappa shape index (κ2) is 11.6. The number of rotatable bonds is 6. The number of anilines is 1. The molecule has 2 aromatic heterocycles. The Morgan fingerprint density at radius 2 is 1.88 bits per heavy atom. The van der Waals surface area contributed by atoms with Gasteiger partial charge in [-0.25, -0.2) is 4.98 Å². The minimum atomic E-state index is -0.457. The molecule has 0 spiro atoms. The predicted molar refractivity (Wildman–Crippen MR) is 163 cm³/mol. The van der Waals surface area contributed by atoms with Gasteiger partial charge in [-0.05, 0) is 97.4 Å². The molecule has 3 N–H and O–H groups in total. The van der Waals surface area contributed by atoms with Crippen molar-refractivity contribution in [3.8, 4) is 28.5 Å². The SMILES string of the molecule is CCc1ccc2oc(-c3cc(NC(=S)NC(=O)C=Cc4ccc(-c5ccc(Cl)cc5Cl)o4)cc(C)c3O)nc2c1. The highest BCUT2D eigenvalue weighted by Gasteiger charge is 2.16. The van der Waals surface area contributed by atoms with Gasteiger partial charge in [0.1, 0.15) is 22.8 Å². The largest absolute Gasteiger partial charge is 0.507 e. The van der Waals surface area contributed by atoms with Gasteiger partial charge in [0.05, 0.1) is 10.6 Å². The molecule has 0 saturated heterocycles. The van der Waals surface area contributed by atoms with Crippen molar-refractivity contribution in [1.82, 2.24) is 10.3 Å². The standard InChI is InChI=1S/C30H23Cl2N3O4S/c1-3-17-4-9-26-24(13-17)34-29(39-26)22-15-19(12-16(2)28(22)37)33-30(40)35-27(36)11-7-20-6-10-25(38-20)21-8-5-18(31)14-23(21)32/h4-15,37H,3H2,1-2H3,(H2,33,35,36,40). The number of aryl methyl sites for hydroxylation is 2. The van der Waals surface area contributed by atoms with Crippen LogP contribution in [0.15, 0.2) is 75.6 Å². The molecule has 0 radical (unpaired) electrons. The molecule has 0 aliphatic rings. The number of hydrogen-bond acceptors (Lipinski definition) is 6. The fourth-order valence-electron chi connectivity index (χ4n) is 4.07. The van der Waals surface area contributed by atoms with Crippen molar-refractivity contribution in [1.29, 1.82) is 0 Å². The topological polar surface area (TPSA) is 101 Å². The Hall–Kier alpha value is -4.11. The van der Waals surface area contributed by atoms with Gasteiger partial charge in [-0.2, -0.15) is 0 Å². The van der Waals surface area contributed by atoms with E-state index in [4.69, 9.17) is 44.3 Å². The smallest absolute Gasteiger partial charge is 0.250 e. The summed E-state index contributed by atoms with van der Waals surface area (Å²) in [7, 11) is 0. The van der Waals surface area contributed by atoms with E-state index in [9.17, 15) is 9.90 Å². The van der Waals surface area contributed by atoms with Gasteiger partial charge in [0, 0.05) is 22.3 Å². The van der Waals surface area contributed by atoms with E-state index in [1.807, 2.05) is 18.2 Å². The fraction of sp³-hybridized carbons (Fsp3) is 0.100. The molecular formula is C30H23Cl2N3O4S. The second-order valence-electron chi connectivity index (χ2n) is 8.97. The van der Waals surface area contributed by atoms with Gasteiger partial charge in [0.15, 0.2) is 10.7 Å². The van der Waals surface area contributed by atoms with Crippen molar-refractivity contribution in [3.05, 3.63) is 93.7 Å². The zero-order chi connectivity index (χ0) is 28.4. The summed E-state index contributed by atoms with van der Waals surface area (Å²) in [4.78, 5) is 17.0. The number of aromatic nitrogens is 1. The first kappa shape index (κ1) is 27.5. The zero-order valence-corrected chi connectivity index (χ0v) is 23.7. The lowest BCUT2D eigenvalue weighted by molar-refractivity contribution is -0.115. The van der Waals surface area contributed by atoms with Crippen LogP contribution >= 0.6 is 35.4 Å². The molecular weight excluding hydrogens is 569 g/mol. The summed E-state index contributed by atoms with van der Waals surface area (Å²) in [6.45, 7) is 3.82. The number of carbonyl (C=O) groups is 1. The number of phenols is 1. The molecule has 10 heteroatoms. The summed E-state index contributed by atoms with van der Waals surface area (Å²) in [6, 6.07) is 17.8. The minimum absolute atomic E-state index is 0.0448. The van der Waals surface area contributed by atoms with Crippen LogP contribution in [0.5, 0.6) is 5.75 Å². The third-order valence-corrected chi connectivity index (χ3v) is 6.86. The van der Waals surface area contributed by atoms with Crippen LogP contribution in [0.2, 0.25) is 10.0 Å². The van der Waals surface area contributed by atoms with E-state index in [1.165, 1.54) is 12.2 Å². The molecule has 5 aromatic rings. The van der Waals surface area contributed by atoms with Crippen molar-refractivity contribution in [2.45, 2.75) is 20.3 Å². The zero-order valence-electron chi connectivity index (χ0n) is 21.4. The van der Waals surface area contributed by atoms with Gasteiger partial charge in [0.25, 0.3) is 0 Å². The lowest BCUT2D eigenvalue weighted by Crippen LogP contribution is -2.32. The highest BCUT2D eigenvalue weighted by Crippen LogP contribution is 2.36. The quantitative estimate of drug-likeness (QED) is 0.104. The molecule has 0 saturated carbocycles. The van der Waals surface area contributed by atoms with Crippen LogP contribution in [0.25, 0.3) is 40.0 Å². The maximum absolute atomic E-state index is 12.5. The molecule has 0 fully saturated rings. The number of nitrogens with zero attached hydrogens (tertiary/aromatic N) is 1. The summed E-state index contributed by atoms with van der Waals surface area (Å²) in [5.74, 6) is 0.869. The number of furan rings is 1. The van der Waals surface area contributed by atoms with E-state index in [2.05, 4.69) is 22.5 Å². The predicted octanol–water partition coefficient (Wildman–Crippen LogP) is 8.16. The lowest BCUT2D eigenvalue weighted by atomic mass is 10.1. The van der Waals surface area contributed by atoms with E-state index in [0.717, 1.165) is 12.0 Å². The maximum atomic E-state index is 12.5. The number of thiocarbonyl (C=S) groups is 1. The molecule has 0 aliphatic carbocycles. The van der Waals surface area contributed by atoms with Crippen LogP contribution in [0.4, 0.5) is 5.69 Å². The van der Waals surface area contributed by atoms with E-state index >= 15 is 0 Å². The molecule has 0 aliphatic heterocycles. The average Bonchev–Trinajstić information content (AvgIpc) is 3.56. The number of carbonyl (C=O) groups excluding carboxylic acids is 1. The van der Waals surface area contributed by atoms with Gasteiger partial charge < -0.3 is 19.3 Å². The maximum Gasteiger partial charge on any atom is 0.250 e. The van der Waals surface area contributed by atoms with Gasteiger partial charge in [0.2, 0.25) is 11.8 Å². The Labute approximate surface area is 245 Å². The number of phenolic OH excluding ortho intramolecular Hbond substituents is 1. The summed E-state index contributed by atoms with van der Waals surface area (Å²) in [5.41, 5.74) is 4.69. The monoisotopic (exact) mass is 591 g/mol. The van der Waals surface area contributed by atoms with Crippen LogP contribution < -0.4 is 10.6 Å². The van der Waals surface area contributed by atoms with Crippen LogP contribution in [0, 0.1) is 6.92 Å². The highest BCUT2D eigenvalue weighted by molar-refractivity contribution is 7.80. The fourth-order valence-corrected chi connectivity index (χ4v) is 4.79. The number of fused-ring (bicyclic) bond motifs is 1. The minimum Gasteiger partial charge on any atom is -0.507 e. The molecule has 3 aromatic carbocycles. The van der Waals surface area contributed by atoms with Gasteiger partial charge in [-0.1, -0.05) is 36.2 Å². The van der Waals surface area contributed by atoms with Crippen molar-refractivity contribution in [2.24, 2.45) is 0 Å². The molecule has 0 unspecified atom stereocenters. The Morgan fingerprint density at radius 3 is 2.65 bits per heavy atom. The van der Waals surface area contributed by atoms with E-state index in [1.54, 1.807) is 49.4 Å². The normalized spacial score (nSPS) is 11.3. The Bertz CT molecular complexity index is 1790. The first-order chi connectivity index (χ1) is 19.2. The first-order valence-corrected chi connectivity index (χ1v) is 13.5. The molecule has 2 heterocycles. The summed E-state index contributed by atoms with van der Waals surface area (Å²) < 4.78 is 11.7. The molecule has 7 nitrogen and oxygen atoms in total. The van der Waals surface area contributed by atoms with Crippen LogP contribution in [-0.4, -0.2) is 21.1 Å². The Morgan fingerprint density at radius 1 is 1.05 bits per heavy atom. The Kier molecular flexibility index (Phi) is 7.93. The number of halogens is 2. The number of oxazole rings is 1. The van der Waals surface area contributed by atoms with Crippen molar-refractivity contribution in [3.63, 3.8) is 0 Å². The first-order valence-electron chi connectivity index (χ1n) is 12.3. The third kappa shape index (κ3) is 6.04. The van der Waals surface area contributed by atoms with Gasteiger partial charge >= 0.3 is 0 Å². The lowest BCUT2D eigenvalue weighted by Gasteiger charge is -2.12. The third-order valence-electron chi connectivity index (χ3n) is 6.11. The number of nitrogens with one attached hydrogen (secondary N) is 2. The molecule has 0 bridgehead atoms. The molecule has 5 rings (SSSR count). The molecule has 40 heavy (non-hydrogen) atoms.